The maximum absolute atomic E-state index is 14.0. The highest BCUT2D eigenvalue weighted by atomic mass is 79.9. The van der Waals surface area contributed by atoms with Crippen LogP contribution in [0.25, 0.3) is 0 Å². The monoisotopic (exact) mass is 459 g/mol. The third kappa shape index (κ3) is 2.58. The van der Waals surface area contributed by atoms with E-state index in [9.17, 15) is 44.3 Å². The third-order valence-corrected chi connectivity index (χ3v) is 4.15. The first kappa shape index (κ1) is 20.8. The Balaban J connectivity index is 2.44. The normalized spacial score (nSPS) is 26.6. The summed E-state index contributed by atoms with van der Waals surface area (Å²) in [6, 6.07) is 3.55. The molecule has 2 rings (SSSR count). The zero-order valence-electron chi connectivity index (χ0n) is 12.3. The number of amides is 1. The Labute approximate surface area is 147 Å². The van der Waals surface area contributed by atoms with Gasteiger partial charge in [0.25, 0.3) is 0 Å². The number of hydrogen-bond acceptors (Lipinski definition) is 2. The molecule has 1 heterocycles. The lowest BCUT2D eigenvalue weighted by Gasteiger charge is -2.31. The topological polar surface area (TPSA) is 38.3 Å². The van der Waals surface area contributed by atoms with Gasteiger partial charge in [-0.05, 0) is 40.5 Å². The number of carbonyl (C=O) groups is 1. The fourth-order valence-corrected chi connectivity index (χ4v) is 2.61. The summed E-state index contributed by atoms with van der Waals surface area (Å²) in [7, 11) is 0. The number of aryl methyl sites for hydroxylation is 1. The van der Waals surface area contributed by atoms with Crippen molar-refractivity contribution in [2.45, 2.75) is 36.7 Å². The summed E-state index contributed by atoms with van der Waals surface area (Å²) in [6.07, 6.45) is -6.28. The third-order valence-electron chi connectivity index (χ3n) is 3.49. The van der Waals surface area contributed by atoms with Crippen molar-refractivity contribution in [1.82, 2.24) is 0 Å². The molecule has 0 unspecified atom stereocenters. The number of halogens is 10. The SMILES string of the molecule is Cc1ccc(NC(=O)C(F)(F)[C@@]2(F)OC(F)(F)C(F)(F)C2(F)F)c(Br)c1. The molecule has 0 bridgehead atoms. The largest absolute Gasteiger partial charge is 0.428 e. The molecule has 26 heavy (non-hydrogen) atoms. The first-order valence-electron chi connectivity index (χ1n) is 6.49. The van der Waals surface area contributed by atoms with Gasteiger partial charge in [0.05, 0.1) is 5.69 Å². The minimum absolute atomic E-state index is 0.0516. The smallest absolute Gasteiger partial charge is 0.320 e. The van der Waals surface area contributed by atoms with Gasteiger partial charge in [0, 0.05) is 4.47 Å². The van der Waals surface area contributed by atoms with Crippen LogP contribution >= 0.6 is 15.9 Å². The number of benzene rings is 1. The molecule has 1 N–H and O–H groups in total. The van der Waals surface area contributed by atoms with Gasteiger partial charge < -0.3 is 5.32 Å². The van der Waals surface area contributed by atoms with Crippen LogP contribution in [0.3, 0.4) is 0 Å². The second kappa shape index (κ2) is 5.75. The fourth-order valence-electron chi connectivity index (χ4n) is 2.02. The number of anilines is 1. The predicted molar refractivity (Wildman–Crippen MR) is 72.2 cm³/mol. The van der Waals surface area contributed by atoms with Crippen LogP contribution in [-0.4, -0.2) is 35.6 Å². The molecule has 1 aliphatic heterocycles. The van der Waals surface area contributed by atoms with Gasteiger partial charge in [0.1, 0.15) is 0 Å². The average molecular weight is 460 g/mol. The van der Waals surface area contributed by atoms with E-state index in [0.717, 1.165) is 6.07 Å². The van der Waals surface area contributed by atoms with Gasteiger partial charge in [0.2, 0.25) is 0 Å². The Morgan fingerprint density at radius 1 is 1.08 bits per heavy atom. The molecule has 13 heteroatoms. The van der Waals surface area contributed by atoms with E-state index in [2.05, 4.69) is 20.7 Å². The summed E-state index contributed by atoms with van der Waals surface area (Å²) >= 11 is 2.83. The van der Waals surface area contributed by atoms with E-state index in [1.54, 1.807) is 6.92 Å². The highest BCUT2D eigenvalue weighted by molar-refractivity contribution is 9.10. The first-order valence-corrected chi connectivity index (χ1v) is 7.28. The van der Waals surface area contributed by atoms with Crippen molar-refractivity contribution >= 4 is 27.5 Å². The lowest BCUT2D eigenvalue weighted by Crippen LogP contribution is -2.63. The van der Waals surface area contributed by atoms with Crippen LogP contribution in [0.15, 0.2) is 22.7 Å². The zero-order valence-corrected chi connectivity index (χ0v) is 13.9. The minimum Gasteiger partial charge on any atom is -0.320 e. The Kier molecular flexibility index (Phi) is 4.60. The number of nitrogens with one attached hydrogen (secondary N) is 1. The van der Waals surface area contributed by atoms with Gasteiger partial charge >= 0.3 is 35.6 Å². The Bertz CT molecular complexity index is 755. The lowest BCUT2D eigenvalue weighted by molar-refractivity contribution is -0.366. The molecule has 0 aromatic heterocycles. The number of ether oxygens (including phenoxy) is 1. The summed E-state index contributed by atoms with van der Waals surface area (Å²) in [5, 5.41) is 1.29. The molecular weight excluding hydrogens is 453 g/mol. The van der Waals surface area contributed by atoms with Gasteiger partial charge in [-0.1, -0.05) is 6.07 Å². The molecular formula is C13H7BrF9NO2. The highest BCUT2D eigenvalue weighted by Crippen LogP contribution is 2.64. The van der Waals surface area contributed by atoms with Crippen molar-refractivity contribution < 1.29 is 49.0 Å². The van der Waals surface area contributed by atoms with Crippen molar-refractivity contribution in [1.29, 1.82) is 0 Å². The van der Waals surface area contributed by atoms with Crippen molar-refractivity contribution in [2.75, 3.05) is 5.32 Å². The molecule has 3 nitrogen and oxygen atoms in total. The van der Waals surface area contributed by atoms with Crippen LogP contribution in [0.2, 0.25) is 0 Å². The standard InChI is InChI=1S/C13H7BrF9NO2/c1-5-2-3-7(6(14)4-5)24-8(25)9(15,16)12(21)10(17,18)11(19,20)13(22,23)26-12/h2-4H,1H3,(H,24,25)/t12-/m1/s1. The lowest BCUT2D eigenvalue weighted by atomic mass is 9.99. The maximum Gasteiger partial charge on any atom is 0.428 e. The van der Waals surface area contributed by atoms with Gasteiger partial charge in [-0.2, -0.15) is 39.5 Å². The van der Waals surface area contributed by atoms with Crippen molar-refractivity contribution in [3.8, 4) is 0 Å². The average Bonchev–Trinajstić information content (AvgIpc) is 2.57. The predicted octanol–water partition coefficient (Wildman–Crippen LogP) is 4.89. The summed E-state index contributed by atoms with van der Waals surface area (Å²) in [5.74, 6) is -28.6. The first-order chi connectivity index (χ1) is 11.5. The number of rotatable bonds is 3. The van der Waals surface area contributed by atoms with E-state index in [1.807, 2.05) is 0 Å². The second-order valence-electron chi connectivity index (χ2n) is 5.37. The summed E-state index contributed by atoms with van der Waals surface area (Å²) in [5.41, 5.74) is 0.0808. The van der Waals surface area contributed by atoms with Crippen molar-refractivity contribution in [3.05, 3.63) is 28.2 Å². The van der Waals surface area contributed by atoms with Crippen LogP contribution < -0.4 is 5.32 Å². The molecule has 1 aromatic carbocycles. The van der Waals surface area contributed by atoms with Gasteiger partial charge in [-0.15, -0.1) is 0 Å². The molecule has 1 saturated heterocycles. The maximum atomic E-state index is 14.0. The van der Waals surface area contributed by atoms with E-state index in [0.29, 0.717) is 5.56 Å². The molecule has 1 aromatic rings. The minimum atomic E-state index is -6.71. The van der Waals surface area contributed by atoms with Crippen LogP contribution in [0.1, 0.15) is 5.56 Å². The molecule has 1 atom stereocenters. The fraction of sp³-hybridized carbons (Fsp3) is 0.462. The summed E-state index contributed by atoms with van der Waals surface area (Å²) in [4.78, 5) is 11.5. The van der Waals surface area contributed by atoms with E-state index >= 15 is 0 Å². The molecule has 146 valence electrons. The van der Waals surface area contributed by atoms with Gasteiger partial charge in [-0.25, -0.2) is 0 Å². The van der Waals surface area contributed by atoms with E-state index < -0.39 is 41.3 Å². The number of hydrogen-bond donors (Lipinski definition) is 1. The molecule has 0 saturated carbocycles. The van der Waals surface area contributed by atoms with Crippen molar-refractivity contribution in [3.63, 3.8) is 0 Å². The zero-order chi connectivity index (χ0) is 20.3. The van der Waals surface area contributed by atoms with Gasteiger partial charge in [0.15, 0.2) is 0 Å². The van der Waals surface area contributed by atoms with E-state index in [-0.39, 0.29) is 4.47 Å². The van der Waals surface area contributed by atoms with Crippen LogP contribution in [0.4, 0.5) is 45.2 Å². The molecule has 0 aliphatic carbocycles. The number of carbonyl (C=O) groups excluding carboxylic acids is 1. The quantitative estimate of drug-likeness (QED) is 0.653. The van der Waals surface area contributed by atoms with Crippen LogP contribution in [-0.2, 0) is 9.53 Å². The van der Waals surface area contributed by atoms with Crippen LogP contribution in [0.5, 0.6) is 0 Å². The summed E-state index contributed by atoms with van der Waals surface area (Å²) < 4.78 is 123. The Hall–Kier alpha value is -1.50. The molecule has 1 aliphatic rings. The van der Waals surface area contributed by atoms with E-state index in [4.69, 9.17) is 0 Å². The number of alkyl halides is 9. The Morgan fingerprint density at radius 2 is 1.62 bits per heavy atom. The van der Waals surface area contributed by atoms with Crippen molar-refractivity contribution in [2.24, 2.45) is 0 Å². The summed E-state index contributed by atoms with van der Waals surface area (Å²) in [6.45, 7) is 1.55. The van der Waals surface area contributed by atoms with E-state index in [1.165, 1.54) is 17.4 Å². The molecule has 1 fully saturated rings. The Morgan fingerprint density at radius 3 is 2.04 bits per heavy atom. The molecule has 0 radical (unpaired) electrons. The van der Waals surface area contributed by atoms with Crippen LogP contribution in [0, 0.1) is 6.92 Å². The second-order valence-corrected chi connectivity index (χ2v) is 6.23. The molecule has 0 spiro atoms. The highest BCUT2D eigenvalue weighted by Gasteiger charge is 2.96. The molecule has 1 amide bonds. The van der Waals surface area contributed by atoms with Gasteiger partial charge in [-0.3, -0.25) is 9.53 Å².